The molecule has 0 bridgehead atoms. The zero-order valence-corrected chi connectivity index (χ0v) is 28.1. The summed E-state index contributed by atoms with van der Waals surface area (Å²) in [6, 6.07) is 64.6. The van der Waals surface area contributed by atoms with E-state index in [1.807, 2.05) is 22.7 Å². The Morgan fingerprint density at radius 1 is 0.347 bits per heavy atom. The summed E-state index contributed by atoms with van der Waals surface area (Å²) in [7, 11) is 0. The highest BCUT2D eigenvalue weighted by Gasteiger charge is 2.22. The van der Waals surface area contributed by atoms with Gasteiger partial charge < -0.3 is 4.90 Å². The molecule has 0 aliphatic heterocycles. The zero-order chi connectivity index (χ0) is 32.3. The summed E-state index contributed by atoms with van der Waals surface area (Å²) >= 11 is 3.75. The van der Waals surface area contributed by atoms with Crippen LogP contribution in [0.5, 0.6) is 0 Å². The normalized spacial score (nSPS) is 11.7. The Labute approximate surface area is 292 Å². The van der Waals surface area contributed by atoms with Crippen molar-refractivity contribution in [3.8, 4) is 22.3 Å². The second-order valence-corrected chi connectivity index (χ2v) is 14.7. The van der Waals surface area contributed by atoms with Crippen molar-refractivity contribution < 1.29 is 0 Å². The number of hydrogen-bond acceptors (Lipinski definition) is 3. The van der Waals surface area contributed by atoms with E-state index in [-0.39, 0.29) is 0 Å². The molecule has 10 rings (SSSR count). The van der Waals surface area contributed by atoms with Gasteiger partial charge in [-0.15, -0.1) is 22.7 Å². The van der Waals surface area contributed by atoms with Crippen LogP contribution in [-0.2, 0) is 0 Å². The van der Waals surface area contributed by atoms with Gasteiger partial charge in [0.25, 0.3) is 0 Å². The van der Waals surface area contributed by atoms with E-state index in [0.29, 0.717) is 0 Å². The van der Waals surface area contributed by atoms with Crippen molar-refractivity contribution in [2.45, 2.75) is 0 Å². The Kier molecular flexibility index (Phi) is 6.61. The molecule has 0 aliphatic carbocycles. The second kappa shape index (κ2) is 11.5. The second-order valence-electron chi connectivity index (χ2n) is 12.5. The number of nitrogens with zero attached hydrogens (tertiary/aromatic N) is 1. The molecular weight excluding hydrogens is 631 g/mol. The molecule has 0 spiro atoms. The Morgan fingerprint density at radius 3 is 1.86 bits per heavy atom. The molecule has 3 heteroatoms. The third-order valence-corrected chi connectivity index (χ3v) is 12.0. The van der Waals surface area contributed by atoms with Crippen LogP contribution < -0.4 is 4.90 Å². The third kappa shape index (κ3) is 4.74. The largest absolute Gasteiger partial charge is 0.308 e. The first-order valence-electron chi connectivity index (χ1n) is 16.6. The topological polar surface area (TPSA) is 3.24 Å². The van der Waals surface area contributed by atoms with Gasteiger partial charge in [-0.05, 0) is 69.9 Å². The molecular formula is C46H29NS2. The van der Waals surface area contributed by atoms with Crippen LogP contribution in [0.25, 0.3) is 73.4 Å². The first-order chi connectivity index (χ1) is 24.3. The number of rotatable bonds is 5. The smallest absolute Gasteiger partial charge is 0.0640 e. The summed E-state index contributed by atoms with van der Waals surface area (Å²) < 4.78 is 5.20. The van der Waals surface area contributed by atoms with E-state index in [0.717, 1.165) is 11.4 Å². The third-order valence-electron chi connectivity index (χ3n) is 9.65. The van der Waals surface area contributed by atoms with Gasteiger partial charge in [0.05, 0.1) is 16.1 Å². The van der Waals surface area contributed by atoms with Crippen molar-refractivity contribution in [3.05, 3.63) is 176 Å². The molecule has 0 radical (unpaired) electrons. The lowest BCUT2D eigenvalue weighted by molar-refractivity contribution is 1.31. The molecule has 1 nitrogen and oxygen atoms in total. The highest BCUT2D eigenvalue weighted by molar-refractivity contribution is 7.26. The van der Waals surface area contributed by atoms with Gasteiger partial charge in [-0.25, -0.2) is 0 Å². The van der Waals surface area contributed by atoms with E-state index in [2.05, 4.69) is 181 Å². The Bertz CT molecular complexity index is 2840. The van der Waals surface area contributed by atoms with Crippen molar-refractivity contribution in [1.82, 2.24) is 0 Å². The van der Waals surface area contributed by atoms with E-state index < -0.39 is 0 Å². The molecule has 0 atom stereocenters. The maximum Gasteiger partial charge on any atom is 0.0640 e. The molecule has 2 heterocycles. The maximum absolute atomic E-state index is 2.51. The minimum Gasteiger partial charge on any atom is -0.308 e. The van der Waals surface area contributed by atoms with Crippen molar-refractivity contribution in [3.63, 3.8) is 0 Å². The Hall–Kier alpha value is -5.74. The number of anilines is 3. The molecule has 0 amide bonds. The van der Waals surface area contributed by atoms with Gasteiger partial charge in [-0.2, -0.15) is 0 Å². The Balaban J connectivity index is 1.28. The first kappa shape index (κ1) is 28.3. The molecule has 0 N–H and O–H groups in total. The van der Waals surface area contributed by atoms with Gasteiger partial charge in [0, 0.05) is 46.9 Å². The molecule has 0 saturated carbocycles. The minimum absolute atomic E-state index is 1.15. The van der Waals surface area contributed by atoms with Crippen LogP contribution in [0.15, 0.2) is 176 Å². The van der Waals surface area contributed by atoms with Gasteiger partial charge in [-0.1, -0.05) is 133 Å². The monoisotopic (exact) mass is 659 g/mol. The van der Waals surface area contributed by atoms with E-state index in [1.165, 1.54) is 79.1 Å². The summed E-state index contributed by atoms with van der Waals surface area (Å²) in [6.07, 6.45) is 0. The zero-order valence-electron chi connectivity index (χ0n) is 26.5. The maximum atomic E-state index is 2.51. The number of benzene rings is 8. The average Bonchev–Trinajstić information content (AvgIpc) is 3.74. The summed E-state index contributed by atoms with van der Waals surface area (Å²) in [6.45, 7) is 0. The lowest BCUT2D eigenvalue weighted by atomic mass is 9.95. The lowest BCUT2D eigenvalue weighted by Gasteiger charge is -2.29. The molecule has 8 aromatic carbocycles. The highest BCUT2D eigenvalue weighted by Crippen LogP contribution is 2.49. The fraction of sp³-hybridized carbons (Fsp3) is 0. The minimum atomic E-state index is 1.15. The lowest BCUT2D eigenvalue weighted by Crippen LogP contribution is -2.11. The molecule has 0 fully saturated rings. The quantitative estimate of drug-likeness (QED) is 0.178. The molecule has 0 saturated heterocycles. The van der Waals surface area contributed by atoms with Crippen molar-refractivity contribution in [2.75, 3.05) is 4.90 Å². The fourth-order valence-corrected chi connectivity index (χ4v) is 9.64. The summed E-state index contributed by atoms with van der Waals surface area (Å²) in [4.78, 5) is 2.51. The SMILES string of the molecule is c1ccc(-c2ccc(-c3ccc4ccccc4c3)cc2N(c2ccc3c(c2)sc2ccccc23)c2cccc3c2sc2ccccc23)cc1. The predicted octanol–water partition coefficient (Wildman–Crippen LogP) is 14.4. The van der Waals surface area contributed by atoms with Gasteiger partial charge in [-0.3, -0.25) is 0 Å². The number of fused-ring (bicyclic) bond motifs is 7. The standard InChI is InChI=1S/C46H29NS2/c1-2-12-31(13-3-1)36-25-23-34(33-22-21-30-11-4-5-14-32(30)27-33)28-42(36)47(35-24-26-39-37-15-6-8-19-43(37)48-45(39)29-35)41-18-10-17-40-38-16-7-9-20-44(38)49-46(40)41/h1-29H. The first-order valence-corrected chi connectivity index (χ1v) is 18.2. The van der Waals surface area contributed by atoms with Gasteiger partial charge in [0.15, 0.2) is 0 Å². The molecule has 0 unspecified atom stereocenters. The predicted molar refractivity (Wildman–Crippen MR) is 215 cm³/mol. The van der Waals surface area contributed by atoms with Crippen LogP contribution in [-0.4, -0.2) is 0 Å². The van der Waals surface area contributed by atoms with Crippen LogP contribution >= 0.6 is 22.7 Å². The van der Waals surface area contributed by atoms with Crippen LogP contribution in [0.3, 0.4) is 0 Å². The average molecular weight is 660 g/mol. The molecule has 10 aromatic rings. The summed E-state index contributed by atoms with van der Waals surface area (Å²) in [5.41, 5.74) is 8.28. The van der Waals surface area contributed by atoms with Gasteiger partial charge in [0.1, 0.15) is 0 Å². The van der Waals surface area contributed by atoms with Crippen LogP contribution in [0, 0.1) is 0 Å². The molecule has 49 heavy (non-hydrogen) atoms. The summed E-state index contributed by atoms with van der Waals surface area (Å²) in [5.74, 6) is 0. The molecule has 230 valence electrons. The van der Waals surface area contributed by atoms with Crippen LogP contribution in [0.2, 0.25) is 0 Å². The molecule has 0 aliphatic rings. The van der Waals surface area contributed by atoms with Crippen molar-refractivity contribution in [1.29, 1.82) is 0 Å². The van der Waals surface area contributed by atoms with E-state index >= 15 is 0 Å². The number of thiophene rings is 2. The van der Waals surface area contributed by atoms with Crippen LogP contribution in [0.1, 0.15) is 0 Å². The Morgan fingerprint density at radius 2 is 1.00 bits per heavy atom. The van der Waals surface area contributed by atoms with Gasteiger partial charge >= 0.3 is 0 Å². The van der Waals surface area contributed by atoms with E-state index in [1.54, 1.807) is 0 Å². The van der Waals surface area contributed by atoms with Crippen molar-refractivity contribution in [2.24, 2.45) is 0 Å². The highest BCUT2D eigenvalue weighted by atomic mass is 32.1. The van der Waals surface area contributed by atoms with Crippen molar-refractivity contribution >= 4 is 90.9 Å². The summed E-state index contributed by atoms with van der Waals surface area (Å²) in [5, 5.41) is 7.71. The van der Waals surface area contributed by atoms with E-state index in [4.69, 9.17) is 0 Å². The number of hydrogen-bond donors (Lipinski definition) is 0. The van der Waals surface area contributed by atoms with E-state index in [9.17, 15) is 0 Å². The van der Waals surface area contributed by atoms with Gasteiger partial charge in [0.2, 0.25) is 0 Å². The molecule has 2 aromatic heterocycles. The fourth-order valence-electron chi connectivity index (χ4n) is 7.30. The van der Waals surface area contributed by atoms with Crippen LogP contribution in [0.4, 0.5) is 17.1 Å².